The summed E-state index contributed by atoms with van der Waals surface area (Å²) in [6.07, 6.45) is 0. The van der Waals surface area contributed by atoms with Crippen molar-refractivity contribution in [2.75, 3.05) is 0 Å². The van der Waals surface area contributed by atoms with Crippen molar-refractivity contribution >= 4 is 14.9 Å². The monoisotopic (exact) mass is 178 g/mol. The molecule has 0 heterocycles. The average Bonchev–Trinajstić information content (AvgIpc) is 2.03. The van der Waals surface area contributed by atoms with Crippen molar-refractivity contribution in [3.8, 4) is 0 Å². The van der Waals surface area contributed by atoms with Crippen LogP contribution in [0, 0.1) is 0 Å². The molecule has 0 spiro atoms. The molecule has 1 rings (SSSR count). The molecule has 64 valence electrons. The minimum atomic E-state index is -0.0976. The zero-order valence-electron chi connectivity index (χ0n) is 7.76. The van der Waals surface area contributed by atoms with Gasteiger partial charge in [-0.05, 0) is 16.2 Å². The van der Waals surface area contributed by atoms with Crippen LogP contribution in [0.5, 0.6) is 0 Å². The van der Waals surface area contributed by atoms with Crippen molar-refractivity contribution in [3.63, 3.8) is 0 Å². The molecule has 2 radical (unpaired) electrons. The molecule has 2 heteroatoms. The molecule has 0 amide bonds. The van der Waals surface area contributed by atoms with Crippen molar-refractivity contribution in [1.82, 2.24) is 0 Å². The quantitative estimate of drug-likeness (QED) is 0.641. The molecule has 0 aliphatic rings. The smallest absolute Gasteiger partial charge is 0.265 e. The van der Waals surface area contributed by atoms with E-state index in [-0.39, 0.29) is 15.2 Å². The second kappa shape index (κ2) is 3.41. The van der Waals surface area contributed by atoms with E-state index in [0.717, 1.165) is 5.19 Å². The second-order valence-electron chi connectivity index (χ2n) is 3.91. The summed E-state index contributed by atoms with van der Waals surface area (Å²) < 4.78 is 0. The van der Waals surface area contributed by atoms with Gasteiger partial charge in [-0.1, -0.05) is 45.0 Å². The molecular weight excluding hydrogens is 164 g/mol. The summed E-state index contributed by atoms with van der Waals surface area (Å²) in [5.41, 5.74) is 1.37. The van der Waals surface area contributed by atoms with Crippen LogP contribution in [0.25, 0.3) is 0 Å². The average molecular weight is 178 g/mol. The third-order valence-corrected chi connectivity index (χ3v) is 2.53. The maximum absolute atomic E-state index is 9.11. The van der Waals surface area contributed by atoms with Gasteiger partial charge in [0.05, 0.1) is 0 Å². The molecule has 0 saturated heterocycles. The summed E-state index contributed by atoms with van der Waals surface area (Å²) >= 11 is 0. The first-order chi connectivity index (χ1) is 5.55. The molecule has 0 aliphatic heterocycles. The van der Waals surface area contributed by atoms with Crippen LogP contribution in [0.4, 0.5) is 0 Å². The molecule has 0 saturated carbocycles. The second-order valence-corrected chi connectivity index (χ2v) is 4.67. The van der Waals surface area contributed by atoms with E-state index < -0.39 is 0 Å². The van der Waals surface area contributed by atoms with Gasteiger partial charge in [0.1, 0.15) is 0 Å². The van der Waals surface area contributed by atoms with Gasteiger partial charge in [-0.2, -0.15) is 0 Å². The van der Waals surface area contributed by atoms with Crippen LogP contribution in [-0.2, 0) is 5.41 Å². The lowest BCUT2D eigenvalue weighted by Crippen LogP contribution is -2.27. The molecule has 0 atom stereocenters. The summed E-state index contributed by atoms with van der Waals surface area (Å²) in [6, 6.07) is 8.05. The van der Waals surface area contributed by atoms with E-state index in [2.05, 4.69) is 26.8 Å². The van der Waals surface area contributed by atoms with Crippen molar-refractivity contribution in [1.29, 1.82) is 0 Å². The van der Waals surface area contributed by atoms with Crippen LogP contribution in [-0.4, -0.2) is 14.6 Å². The molecule has 0 aliphatic carbocycles. The molecule has 1 aromatic rings. The summed E-state index contributed by atoms with van der Waals surface area (Å²) in [4.78, 5) is 9.11. The SMILES string of the molecule is CC(C)(C)c1ccccc1[Si]O. The Morgan fingerprint density at radius 1 is 1.17 bits per heavy atom. The zero-order chi connectivity index (χ0) is 9.19. The predicted molar refractivity (Wildman–Crippen MR) is 52.7 cm³/mol. The van der Waals surface area contributed by atoms with Crippen LogP contribution >= 0.6 is 0 Å². The first-order valence-corrected chi connectivity index (χ1v) is 5.00. The van der Waals surface area contributed by atoms with Gasteiger partial charge in [0, 0.05) is 0 Å². The highest BCUT2D eigenvalue weighted by Gasteiger charge is 2.16. The third-order valence-electron chi connectivity index (χ3n) is 1.86. The van der Waals surface area contributed by atoms with Crippen molar-refractivity contribution < 1.29 is 4.80 Å². The van der Waals surface area contributed by atoms with E-state index in [0.29, 0.717) is 0 Å². The van der Waals surface area contributed by atoms with E-state index in [1.54, 1.807) is 0 Å². The van der Waals surface area contributed by atoms with Crippen LogP contribution < -0.4 is 5.19 Å². The van der Waals surface area contributed by atoms with Gasteiger partial charge in [0.15, 0.2) is 0 Å². The lowest BCUT2D eigenvalue weighted by atomic mass is 9.87. The van der Waals surface area contributed by atoms with Crippen LogP contribution in [0.3, 0.4) is 0 Å². The molecule has 0 bridgehead atoms. The molecule has 0 fully saturated rings. The number of benzene rings is 1. The first kappa shape index (κ1) is 9.48. The topological polar surface area (TPSA) is 20.2 Å². The zero-order valence-corrected chi connectivity index (χ0v) is 8.76. The maximum Gasteiger partial charge on any atom is 0.265 e. The molecule has 0 unspecified atom stereocenters. The van der Waals surface area contributed by atoms with Crippen molar-refractivity contribution in [3.05, 3.63) is 29.8 Å². The third kappa shape index (κ3) is 1.96. The summed E-state index contributed by atoms with van der Waals surface area (Å²) in [5.74, 6) is 0. The van der Waals surface area contributed by atoms with Gasteiger partial charge in [-0.25, -0.2) is 0 Å². The van der Waals surface area contributed by atoms with Crippen LogP contribution in [0.15, 0.2) is 24.3 Å². The minimum Gasteiger partial charge on any atom is -0.428 e. The Kier molecular flexibility index (Phi) is 2.70. The first-order valence-electron chi connectivity index (χ1n) is 4.05. The lowest BCUT2D eigenvalue weighted by molar-refractivity contribution is 0.586. The van der Waals surface area contributed by atoms with Gasteiger partial charge >= 0.3 is 0 Å². The van der Waals surface area contributed by atoms with Crippen LogP contribution in [0.2, 0.25) is 0 Å². The Labute approximate surface area is 76.4 Å². The molecule has 1 N–H and O–H groups in total. The Hall–Kier alpha value is -0.603. The fourth-order valence-electron chi connectivity index (χ4n) is 1.23. The van der Waals surface area contributed by atoms with E-state index in [1.807, 2.05) is 18.2 Å². The van der Waals surface area contributed by atoms with Gasteiger partial charge in [-0.3, -0.25) is 0 Å². The molecule has 1 nitrogen and oxygen atoms in total. The fraction of sp³-hybridized carbons (Fsp3) is 0.400. The van der Waals surface area contributed by atoms with E-state index >= 15 is 0 Å². The Morgan fingerprint density at radius 3 is 2.17 bits per heavy atom. The predicted octanol–water partition coefficient (Wildman–Crippen LogP) is 1.22. The van der Waals surface area contributed by atoms with Crippen molar-refractivity contribution in [2.24, 2.45) is 0 Å². The van der Waals surface area contributed by atoms with Crippen LogP contribution in [0.1, 0.15) is 26.3 Å². The number of hydrogen-bond donors (Lipinski definition) is 1. The van der Waals surface area contributed by atoms with Gasteiger partial charge < -0.3 is 4.80 Å². The van der Waals surface area contributed by atoms with E-state index in [4.69, 9.17) is 4.80 Å². The molecular formula is C10H14OSi. The highest BCUT2D eigenvalue weighted by atomic mass is 28.2. The summed E-state index contributed by atoms with van der Waals surface area (Å²) in [5, 5.41) is 1.06. The fourth-order valence-corrected chi connectivity index (χ4v) is 1.98. The Bertz CT molecular complexity index is 263. The largest absolute Gasteiger partial charge is 0.428 e. The molecule has 0 aromatic heterocycles. The maximum atomic E-state index is 9.11. The highest BCUT2D eigenvalue weighted by Crippen LogP contribution is 2.19. The Morgan fingerprint density at radius 2 is 1.75 bits per heavy atom. The van der Waals surface area contributed by atoms with Gasteiger partial charge in [-0.15, -0.1) is 0 Å². The number of rotatable bonds is 1. The van der Waals surface area contributed by atoms with E-state index in [9.17, 15) is 0 Å². The van der Waals surface area contributed by atoms with Crippen molar-refractivity contribution in [2.45, 2.75) is 26.2 Å². The standard InChI is InChI=1S/C10H14OSi/c1-10(2,3)8-6-4-5-7-9(8)12-11/h4-7,11H,1-3H3. The number of hydrogen-bond acceptors (Lipinski definition) is 1. The summed E-state index contributed by atoms with van der Waals surface area (Å²) in [6.45, 7) is 6.48. The molecule has 12 heavy (non-hydrogen) atoms. The normalized spacial score (nSPS) is 11.7. The van der Waals surface area contributed by atoms with Gasteiger partial charge in [0.25, 0.3) is 9.76 Å². The van der Waals surface area contributed by atoms with E-state index in [1.165, 1.54) is 5.56 Å². The van der Waals surface area contributed by atoms with Gasteiger partial charge in [0.2, 0.25) is 0 Å². The lowest BCUT2D eigenvalue weighted by Gasteiger charge is -2.21. The summed E-state index contributed by atoms with van der Waals surface area (Å²) in [7, 11) is -0.0976. The molecule has 1 aromatic carbocycles. The highest BCUT2D eigenvalue weighted by molar-refractivity contribution is 6.46. The Balaban J connectivity index is 3.14. The minimum absolute atomic E-state index is 0.0976.